The largest absolute Gasteiger partial charge is 0.479 e. The highest BCUT2D eigenvalue weighted by Crippen LogP contribution is 2.56. The van der Waals surface area contributed by atoms with Crippen LogP contribution in [0.15, 0.2) is 0 Å². The Labute approximate surface area is 106 Å². The fourth-order valence-corrected chi connectivity index (χ4v) is 3.57. The molecule has 5 nitrogen and oxygen atoms in total. The van der Waals surface area contributed by atoms with E-state index in [1.165, 1.54) is 25.7 Å². The van der Waals surface area contributed by atoms with Crippen LogP contribution in [0.25, 0.3) is 0 Å². The lowest BCUT2D eigenvalue weighted by Crippen LogP contribution is -2.49. The highest BCUT2D eigenvalue weighted by Gasteiger charge is 2.56. The molecule has 3 fully saturated rings. The molecule has 2 aliphatic carbocycles. The highest BCUT2D eigenvalue weighted by molar-refractivity contribution is 5.83. The van der Waals surface area contributed by atoms with Gasteiger partial charge < -0.3 is 14.7 Å². The molecule has 1 N–H and O–H groups in total. The van der Waals surface area contributed by atoms with Gasteiger partial charge in [0, 0.05) is 12.5 Å². The third-order valence-electron chi connectivity index (χ3n) is 4.60. The van der Waals surface area contributed by atoms with E-state index in [9.17, 15) is 9.59 Å². The SMILES string of the molecule is O=C(O)[C@H]1CN(C(=O)C2[C@H]3CCCC[C@@H]23)CCO1. The number of aliphatic carboxylic acids is 1. The van der Waals surface area contributed by atoms with Gasteiger partial charge in [0.25, 0.3) is 0 Å². The predicted molar refractivity (Wildman–Crippen MR) is 62.9 cm³/mol. The average Bonchev–Trinajstić information content (AvgIpc) is 3.12. The van der Waals surface area contributed by atoms with Gasteiger partial charge >= 0.3 is 5.97 Å². The van der Waals surface area contributed by atoms with Crippen LogP contribution in [-0.2, 0) is 14.3 Å². The van der Waals surface area contributed by atoms with Crippen LogP contribution in [0.4, 0.5) is 0 Å². The van der Waals surface area contributed by atoms with E-state index in [0.29, 0.717) is 25.0 Å². The van der Waals surface area contributed by atoms with Crippen molar-refractivity contribution in [1.82, 2.24) is 4.90 Å². The molecule has 1 heterocycles. The van der Waals surface area contributed by atoms with Crippen molar-refractivity contribution in [3.05, 3.63) is 0 Å². The Morgan fingerprint density at radius 1 is 1.17 bits per heavy atom. The van der Waals surface area contributed by atoms with E-state index in [-0.39, 0.29) is 18.4 Å². The number of nitrogens with zero attached hydrogens (tertiary/aromatic N) is 1. The molecule has 0 aromatic carbocycles. The summed E-state index contributed by atoms with van der Waals surface area (Å²) in [6.45, 7) is 1.09. The van der Waals surface area contributed by atoms with Crippen LogP contribution < -0.4 is 0 Å². The molecular formula is C13H19NO4. The topological polar surface area (TPSA) is 66.8 Å². The zero-order valence-electron chi connectivity index (χ0n) is 10.4. The number of hydrogen-bond acceptors (Lipinski definition) is 3. The molecule has 0 radical (unpaired) electrons. The Hall–Kier alpha value is -1.10. The summed E-state index contributed by atoms with van der Waals surface area (Å²) in [6.07, 6.45) is 3.99. The second-order valence-corrected chi connectivity index (χ2v) is 5.62. The van der Waals surface area contributed by atoms with Gasteiger partial charge in [-0.2, -0.15) is 0 Å². The molecule has 5 heteroatoms. The Morgan fingerprint density at radius 2 is 1.83 bits per heavy atom. The summed E-state index contributed by atoms with van der Waals surface area (Å²) in [5.74, 6) is 0.539. The first-order valence-corrected chi connectivity index (χ1v) is 6.81. The maximum Gasteiger partial charge on any atom is 0.334 e. The van der Waals surface area contributed by atoms with Crippen LogP contribution in [0.1, 0.15) is 25.7 Å². The molecule has 2 saturated carbocycles. The Bertz CT molecular complexity index is 358. The van der Waals surface area contributed by atoms with Crippen LogP contribution in [0.5, 0.6) is 0 Å². The summed E-state index contributed by atoms with van der Waals surface area (Å²) in [5.41, 5.74) is 0. The smallest absolute Gasteiger partial charge is 0.334 e. The summed E-state index contributed by atoms with van der Waals surface area (Å²) < 4.78 is 5.15. The number of hydrogen-bond donors (Lipinski definition) is 1. The van der Waals surface area contributed by atoms with Crippen LogP contribution >= 0.6 is 0 Å². The Balaban J connectivity index is 1.61. The van der Waals surface area contributed by atoms with Crippen molar-refractivity contribution >= 4 is 11.9 Å². The number of ether oxygens (including phenoxy) is 1. The summed E-state index contributed by atoms with van der Waals surface area (Å²) in [7, 11) is 0. The molecule has 4 atom stereocenters. The van der Waals surface area contributed by atoms with E-state index in [4.69, 9.17) is 9.84 Å². The molecule has 0 aromatic heterocycles. The summed E-state index contributed by atoms with van der Waals surface area (Å²) in [5, 5.41) is 8.94. The van der Waals surface area contributed by atoms with Gasteiger partial charge in [0.2, 0.25) is 5.91 Å². The summed E-state index contributed by atoms with van der Waals surface area (Å²) in [6, 6.07) is 0. The molecular weight excluding hydrogens is 234 g/mol. The van der Waals surface area contributed by atoms with E-state index in [1.54, 1.807) is 4.90 Å². The van der Waals surface area contributed by atoms with Gasteiger partial charge in [0.05, 0.1) is 13.2 Å². The van der Waals surface area contributed by atoms with Crippen molar-refractivity contribution in [2.24, 2.45) is 17.8 Å². The zero-order valence-corrected chi connectivity index (χ0v) is 10.4. The van der Waals surface area contributed by atoms with Crippen molar-refractivity contribution in [3.8, 4) is 0 Å². The van der Waals surface area contributed by atoms with Gasteiger partial charge in [-0.25, -0.2) is 4.79 Å². The van der Waals surface area contributed by atoms with Crippen molar-refractivity contribution < 1.29 is 19.4 Å². The van der Waals surface area contributed by atoms with Crippen LogP contribution in [-0.4, -0.2) is 47.7 Å². The zero-order chi connectivity index (χ0) is 12.7. The fourth-order valence-electron chi connectivity index (χ4n) is 3.57. The molecule has 3 aliphatic rings. The van der Waals surface area contributed by atoms with E-state index in [2.05, 4.69) is 0 Å². The molecule has 100 valence electrons. The number of rotatable bonds is 2. The minimum Gasteiger partial charge on any atom is -0.479 e. The minimum atomic E-state index is -0.972. The second-order valence-electron chi connectivity index (χ2n) is 5.62. The lowest BCUT2D eigenvalue weighted by molar-refractivity contribution is -0.159. The van der Waals surface area contributed by atoms with Crippen molar-refractivity contribution in [1.29, 1.82) is 0 Å². The molecule has 0 aromatic rings. The predicted octanol–water partition coefficient (Wildman–Crippen LogP) is 0.735. The maximum atomic E-state index is 12.4. The van der Waals surface area contributed by atoms with Crippen molar-refractivity contribution in [2.45, 2.75) is 31.8 Å². The van der Waals surface area contributed by atoms with E-state index in [1.807, 2.05) is 0 Å². The van der Waals surface area contributed by atoms with Gasteiger partial charge in [-0.15, -0.1) is 0 Å². The molecule has 1 saturated heterocycles. The van der Waals surface area contributed by atoms with Gasteiger partial charge in [-0.05, 0) is 24.7 Å². The molecule has 3 rings (SSSR count). The Morgan fingerprint density at radius 3 is 2.44 bits per heavy atom. The van der Waals surface area contributed by atoms with Gasteiger partial charge in [-0.1, -0.05) is 12.8 Å². The molecule has 0 spiro atoms. The number of carboxylic acids is 1. The van der Waals surface area contributed by atoms with E-state index < -0.39 is 12.1 Å². The minimum absolute atomic E-state index is 0.168. The lowest BCUT2D eigenvalue weighted by atomic mass is 10.0. The molecule has 18 heavy (non-hydrogen) atoms. The normalized spacial score (nSPS) is 39.0. The first-order chi connectivity index (χ1) is 8.68. The van der Waals surface area contributed by atoms with Crippen LogP contribution in [0, 0.1) is 17.8 Å². The molecule has 1 aliphatic heterocycles. The third kappa shape index (κ3) is 2.00. The fraction of sp³-hybridized carbons (Fsp3) is 0.846. The maximum absolute atomic E-state index is 12.4. The number of carbonyl (C=O) groups is 2. The Kier molecular flexibility index (Phi) is 3.01. The molecule has 1 unspecified atom stereocenters. The number of carboxylic acid groups (broad SMARTS) is 1. The van der Waals surface area contributed by atoms with E-state index in [0.717, 1.165) is 0 Å². The van der Waals surface area contributed by atoms with Crippen LogP contribution in [0.3, 0.4) is 0 Å². The van der Waals surface area contributed by atoms with E-state index >= 15 is 0 Å². The number of amides is 1. The summed E-state index contributed by atoms with van der Waals surface area (Å²) >= 11 is 0. The van der Waals surface area contributed by atoms with Crippen molar-refractivity contribution in [3.63, 3.8) is 0 Å². The summed E-state index contributed by atoms with van der Waals surface area (Å²) in [4.78, 5) is 25.0. The lowest BCUT2D eigenvalue weighted by Gasteiger charge is -2.31. The van der Waals surface area contributed by atoms with Gasteiger partial charge in [-0.3, -0.25) is 4.79 Å². The quantitative estimate of drug-likeness (QED) is 0.788. The standard InChI is InChI=1S/C13H19NO4/c15-12(11-8-3-1-2-4-9(8)11)14-5-6-18-10(7-14)13(16)17/h8-11H,1-7H2,(H,16,17)/t8-,9+,10-,11?/m1/s1. The number of carbonyl (C=O) groups excluding carboxylic acids is 1. The monoisotopic (exact) mass is 253 g/mol. The number of morpholine rings is 1. The molecule has 0 bridgehead atoms. The first kappa shape index (κ1) is 12.0. The van der Waals surface area contributed by atoms with Crippen molar-refractivity contribution in [2.75, 3.05) is 19.7 Å². The molecule has 1 amide bonds. The third-order valence-corrected chi connectivity index (χ3v) is 4.60. The van der Waals surface area contributed by atoms with Gasteiger partial charge in [0.1, 0.15) is 0 Å². The van der Waals surface area contributed by atoms with Gasteiger partial charge in [0.15, 0.2) is 6.10 Å². The highest BCUT2D eigenvalue weighted by atomic mass is 16.5. The average molecular weight is 253 g/mol. The second kappa shape index (κ2) is 4.53. The van der Waals surface area contributed by atoms with Crippen LogP contribution in [0.2, 0.25) is 0 Å². The first-order valence-electron chi connectivity index (χ1n) is 6.81. The number of fused-ring (bicyclic) bond motifs is 1.